The molecule has 1 unspecified atom stereocenters. The zero-order chi connectivity index (χ0) is 20.6. The lowest BCUT2D eigenvalue weighted by Crippen LogP contribution is -2.42. The first-order valence-electron chi connectivity index (χ1n) is 9.74. The number of carbonyl (C=O) groups excluding carboxylic acids is 1. The minimum Gasteiger partial charge on any atom is -0.328 e. The van der Waals surface area contributed by atoms with Crippen LogP contribution in [0.1, 0.15) is 57.5 Å². The van der Waals surface area contributed by atoms with Gasteiger partial charge < -0.3 is 4.98 Å². The molecule has 0 spiro atoms. The summed E-state index contributed by atoms with van der Waals surface area (Å²) in [7, 11) is 0. The van der Waals surface area contributed by atoms with Gasteiger partial charge in [0.2, 0.25) is 11.9 Å². The molecule has 1 aromatic heterocycles. The van der Waals surface area contributed by atoms with Crippen LogP contribution in [0.3, 0.4) is 0 Å². The van der Waals surface area contributed by atoms with E-state index < -0.39 is 11.6 Å². The van der Waals surface area contributed by atoms with E-state index in [9.17, 15) is 13.6 Å². The fraction of sp³-hybridized carbons (Fsp3) is 0.524. The van der Waals surface area contributed by atoms with E-state index in [2.05, 4.69) is 9.97 Å². The molecule has 0 bridgehead atoms. The Labute approximate surface area is 161 Å². The van der Waals surface area contributed by atoms with Crippen LogP contribution in [-0.2, 0) is 11.2 Å². The van der Waals surface area contributed by atoms with Crippen molar-refractivity contribution in [1.29, 1.82) is 0 Å². The number of aromatic amines is 1. The van der Waals surface area contributed by atoms with E-state index in [1.165, 1.54) is 12.1 Å². The van der Waals surface area contributed by atoms with Gasteiger partial charge in [-0.05, 0) is 50.8 Å². The molecule has 1 N–H and O–H groups in total. The first-order valence-corrected chi connectivity index (χ1v) is 9.74. The second-order valence-electron chi connectivity index (χ2n) is 6.05. The normalized spacial score (nSPS) is 16.2. The summed E-state index contributed by atoms with van der Waals surface area (Å²) < 4.78 is 26.3. The van der Waals surface area contributed by atoms with Gasteiger partial charge in [-0.1, -0.05) is 33.8 Å². The number of aromatic nitrogens is 2. The molecule has 2 heterocycles. The summed E-state index contributed by atoms with van der Waals surface area (Å²) in [6.07, 6.45) is 2.01. The highest BCUT2D eigenvalue weighted by molar-refractivity contribution is 5.94. The Morgan fingerprint density at radius 3 is 2.37 bits per heavy atom. The monoisotopic (exact) mass is 379 g/mol. The predicted octanol–water partition coefficient (Wildman–Crippen LogP) is 5.34. The van der Waals surface area contributed by atoms with E-state index in [1.807, 2.05) is 41.5 Å². The van der Waals surface area contributed by atoms with E-state index >= 15 is 0 Å². The van der Waals surface area contributed by atoms with Crippen LogP contribution >= 0.6 is 0 Å². The molecule has 0 radical (unpaired) electrons. The highest BCUT2D eigenvalue weighted by Gasteiger charge is 2.31. The number of halogens is 2. The van der Waals surface area contributed by atoms with Gasteiger partial charge in [0.25, 0.3) is 0 Å². The fourth-order valence-corrected chi connectivity index (χ4v) is 2.96. The molecule has 1 atom stereocenters. The van der Waals surface area contributed by atoms with Gasteiger partial charge in [-0.2, -0.15) is 0 Å². The Balaban J connectivity index is 0.000000855. The Kier molecular flexibility index (Phi) is 9.12. The molecule has 4 nitrogen and oxygen atoms in total. The Hall–Kier alpha value is -2.24. The van der Waals surface area contributed by atoms with Crippen LogP contribution in [0, 0.1) is 31.4 Å². The molecule has 1 aliphatic rings. The number of rotatable bonds is 3. The Morgan fingerprint density at radius 1 is 1.15 bits per heavy atom. The summed E-state index contributed by atoms with van der Waals surface area (Å²) in [5.41, 5.74) is 2.45. The van der Waals surface area contributed by atoms with Crippen molar-refractivity contribution in [3.05, 3.63) is 46.8 Å². The summed E-state index contributed by atoms with van der Waals surface area (Å²) in [5, 5.41) is 0. The van der Waals surface area contributed by atoms with Crippen LogP contribution in [0.2, 0.25) is 0 Å². The minimum absolute atomic E-state index is 0.0188. The van der Waals surface area contributed by atoms with Gasteiger partial charge in [-0.25, -0.2) is 13.8 Å². The number of hydrogen-bond donors (Lipinski definition) is 1. The molecular formula is C21H31F2N3O. The standard InChI is InChI=1S/C17H19F2N3O.2C2H6/c1-10-11(2)21-17(20-10)22-7-3-4-13(16(22)23)8-12-5-6-14(18)15(19)9-12;2*1-2/h5-6,9,13H,3-4,7-8H2,1-2H3,(H,20,21);2*1-2H3. The maximum absolute atomic E-state index is 13.3. The van der Waals surface area contributed by atoms with Crippen molar-refractivity contribution in [2.75, 3.05) is 11.4 Å². The fourth-order valence-electron chi connectivity index (χ4n) is 2.96. The highest BCUT2D eigenvalue weighted by atomic mass is 19.2. The molecule has 1 aromatic carbocycles. The second-order valence-corrected chi connectivity index (χ2v) is 6.05. The molecular weight excluding hydrogens is 348 g/mol. The summed E-state index contributed by atoms with van der Waals surface area (Å²) in [4.78, 5) is 21.9. The summed E-state index contributed by atoms with van der Waals surface area (Å²) >= 11 is 0. The van der Waals surface area contributed by atoms with Crippen LogP contribution in [0.5, 0.6) is 0 Å². The minimum atomic E-state index is -0.875. The summed E-state index contributed by atoms with van der Waals surface area (Å²) in [5.74, 6) is -1.43. The molecule has 0 saturated carbocycles. The van der Waals surface area contributed by atoms with Crippen molar-refractivity contribution in [3.8, 4) is 0 Å². The molecule has 27 heavy (non-hydrogen) atoms. The average molecular weight is 379 g/mol. The predicted molar refractivity (Wildman–Crippen MR) is 106 cm³/mol. The summed E-state index contributed by atoms with van der Waals surface area (Å²) in [6, 6.07) is 3.81. The zero-order valence-corrected chi connectivity index (χ0v) is 17.2. The van der Waals surface area contributed by atoms with Crippen molar-refractivity contribution in [2.45, 2.75) is 60.8 Å². The average Bonchev–Trinajstić information content (AvgIpc) is 3.02. The first-order chi connectivity index (χ1) is 13.0. The number of nitrogens with zero attached hydrogens (tertiary/aromatic N) is 2. The zero-order valence-electron chi connectivity index (χ0n) is 17.2. The van der Waals surface area contributed by atoms with Gasteiger partial charge >= 0.3 is 0 Å². The molecule has 1 saturated heterocycles. The van der Waals surface area contributed by atoms with Crippen LogP contribution in [0.15, 0.2) is 18.2 Å². The molecule has 6 heteroatoms. The Morgan fingerprint density at radius 2 is 1.81 bits per heavy atom. The van der Waals surface area contributed by atoms with Crippen molar-refractivity contribution in [3.63, 3.8) is 0 Å². The molecule has 1 aliphatic heterocycles. The second kappa shape index (κ2) is 10.8. The molecule has 1 amide bonds. The summed E-state index contributed by atoms with van der Waals surface area (Å²) in [6.45, 7) is 12.4. The SMILES string of the molecule is CC.CC.Cc1nc(N2CCCC(Cc3ccc(F)c(F)c3)C2=O)[nH]c1C. The van der Waals surface area contributed by atoms with Crippen LogP contribution < -0.4 is 4.90 Å². The molecule has 150 valence electrons. The quantitative estimate of drug-likeness (QED) is 0.782. The molecule has 1 fully saturated rings. The molecule has 2 aromatic rings. The number of carbonyl (C=O) groups is 1. The van der Waals surface area contributed by atoms with E-state index in [-0.39, 0.29) is 11.8 Å². The van der Waals surface area contributed by atoms with Crippen molar-refractivity contribution < 1.29 is 13.6 Å². The smallest absolute Gasteiger partial charge is 0.232 e. The number of anilines is 1. The van der Waals surface area contributed by atoms with E-state index in [0.29, 0.717) is 24.5 Å². The highest BCUT2D eigenvalue weighted by Crippen LogP contribution is 2.26. The topological polar surface area (TPSA) is 49.0 Å². The number of imidazole rings is 1. The van der Waals surface area contributed by atoms with Crippen molar-refractivity contribution in [2.24, 2.45) is 5.92 Å². The van der Waals surface area contributed by atoms with E-state index in [0.717, 1.165) is 30.3 Å². The number of benzene rings is 1. The van der Waals surface area contributed by atoms with E-state index in [4.69, 9.17) is 0 Å². The van der Waals surface area contributed by atoms with Gasteiger partial charge in [0.1, 0.15) is 0 Å². The number of aryl methyl sites for hydroxylation is 2. The van der Waals surface area contributed by atoms with Gasteiger partial charge in [-0.15, -0.1) is 0 Å². The van der Waals surface area contributed by atoms with Crippen LogP contribution in [-0.4, -0.2) is 22.4 Å². The maximum Gasteiger partial charge on any atom is 0.232 e. The number of piperidine rings is 1. The van der Waals surface area contributed by atoms with Crippen LogP contribution in [0.4, 0.5) is 14.7 Å². The Bertz CT molecular complexity index is 724. The van der Waals surface area contributed by atoms with Gasteiger partial charge in [-0.3, -0.25) is 9.69 Å². The third-order valence-electron chi connectivity index (χ3n) is 4.39. The van der Waals surface area contributed by atoms with Crippen molar-refractivity contribution >= 4 is 11.9 Å². The largest absolute Gasteiger partial charge is 0.328 e. The first kappa shape index (κ1) is 22.8. The van der Waals surface area contributed by atoms with Gasteiger partial charge in [0, 0.05) is 18.2 Å². The number of H-pyrrole nitrogens is 1. The number of amides is 1. The lowest BCUT2D eigenvalue weighted by molar-refractivity contribution is -0.123. The lowest BCUT2D eigenvalue weighted by Gasteiger charge is -2.30. The molecule has 0 aliphatic carbocycles. The molecule has 3 rings (SSSR count). The third-order valence-corrected chi connectivity index (χ3v) is 4.39. The van der Waals surface area contributed by atoms with Crippen LogP contribution in [0.25, 0.3) is 0 Å². The van der Waals surface area contributed by atoms with Crippen molar-refractivity contribution in [1.82, 2.24) is 9.97 Å². The number of nitrogens with one attached hydrogen (secondary N) is 1. The van der Waals surface area contributed by atoms with Gasteiger partial charge in [0.15, 0.2) is 11.6 Å². The van der Waals surface area contributed by atoms with E-state index in [1.54, 1.807) is 4.90 Å². The number of hydrogen-bond acceptors (Lipinski definition) is 2. The van der Waals surface area contributed by atoms with Gasteiger partial charge in [0.05, 0.1) is 5.69 Å². The lowest BCUT2D eigenvalue weighted by atomic mass is 9.90. The third kappa shape index (κ3) is 5.62. The maximum atomic E-state index is 13.3.